The lowest BCUT2D eigenvalue weighted by Crippen LogP contribution is -2.44. The normalized spacial score (nSPS) is 25.3. The molecule has 1 saturated heterocycles. The Morgan fingerprint density at radius 1 is 1.14 bits per heavy atom. The molecular weight excluding hydrogens is 400 g/mol. The van der Waals surface area contributed by atoms with Crippen molar-refractivity contribution in [1.29, 1.82) is 0 Å². The highest BCUT2D eigenvalue weighted by Crippen LogP contribution is 2.39. The maximum absolute atomic E-state index is 10.4. The summed E-state index contributed by atoms with van der Waals surface area (Å²) in [5, 5.41) is 41.8. The molecule has 0 amide bonds. The van der Waals surface area contributed by atoms with Gasteiger partial charge in [-0.05, 0) is 35.2 Å². The summed E-state index contributed by atoms with van der Waals surface area (Å²) in [5.74, 6) is -0.111. The van der Waals surface area contributed by atoms with Gasteiger partial charge in [0.05, 0.1) is 18.8 Å². The van der Waals surface area contributed by atoms with Crippen LogP contribution in [-0.2, 0) is 11.2 Å². The van der Waals surface area contributed by atoms with Gasteiger partial charge in [0, 0.05) is 33.0 Å². The fourth-order valence-corrected chi connectivity index (χ4v) is 4.94. The maximum Gasteiger partial charge on any atom is 0.122 e. The summed E-state index contributed by atoms with van der Waals surface area (Å²) in [6.45, 7) is -0.275. The minimum absolute atomic E-state index is 0.111. The number of ether oxygens (including phenoxy) is 1. The van der Waals surface area contributed by atoms with Crippen LogP contribution in [0.3, 0.4) is 0 Å². The first kappa shape index (κ1) is 19.6. The lowest BCUT2D eigenvalue weighted by atomic mass is 9.91. The van der Waals surface area contributed by atoms with E-state index in [0.717, 1.165) is 15.8 Å². The Morgan fingerprint density at radius 3 is 2.68 bits per heavy atom. The summed E-state index contributed by atoms with van der Waals surface area (Å²) in [4.78, 5) is 1.12. The molecule has 7 heteroatoms. The van der Waals surface area contributed by atoms with Crippen LogP contribution < -0.4 is 0 Å². The maximum atomic E-state index is 10.4. The Labute approximate surface area is 171 Å². The van der Waals surface area contributed by atoms with Crippen LogP contribution in [0.2, 0.25) is 5.02 Å². The van der Waals surface area contributed by atoms with Crippen molar-refractivity contribution < 1.29 is 25.2 Å². The van der Waals surface area contributed by atoms with E-state index in [1.165, 1.54) is 10.8 Å². The molecule has 4 atom stereocenters. The summed E-state index contributed by atoms with van der Waals surface area (Å²) in [7, 11) is 0. The molecule has 0 spiro atoms. The number of benzene rings is 2. The van der Waals surface area contributed by atoms with Gasteiger partial charge in [-0.15, -0.1) is 11.3 Å². The van der Waals surface area contributed by atoms with Crippen LogP contribution in [-0.4, -0.2) is 45.3 Å². The van der Waals surface area contributed by atoms with Crippen LogP contribution in [0.1, 0.15) is 28.5 Å². The SMILES string of the molecule is OC[C@@H]1C[C@H](O)C(O)[C@H](c2cc(Cc3cc4ccccc4s3)c(Cl)cc2O)O1. The van der Waals surface area contributed by atoms with Crippen LogP contribution >= 0.6 is 22.9 Å². The average molecular weight is 421 g/mol. The average Bonchev–Trinajstić information content (AvgIpc) is 3.08. The number of phenols is 1. The van der Waals surface area contributed by atoms with E-state index in [4.69, 9.17) is 16.3 Å². The predicted molar refractivity (Wildman–Crippen MR) is 109 cm³/mol. The third-order valence-corrected chi connectivity index (χ3v) is 6.56. The molecule has 148 valence electrons. The summed E-state index contributed by atoms with van der Waals surface area (Å²) in [5.41, 5.74) is 1.14. The van der Waals surface area contributed by atoms with E-state index in [0.29, 0.717) is 17.0 Å². The number of aliphatic hydroxyl groups is 3. The van der Waals surface area contributed by atoms with Crippen molar-refractivity contribution in [2.45, 2.75) is 37.3 Å². The molecule has 1 aliphatic heterocycles. The third-order valence-electron chi connectivity index (χ3n) is 5.09. The fraction of sp³-hybridized carbons (Fsp3) is 0.333. The first-order valence-corrected chi connectivity index (χ1v) is 10.3. The molecule has 1 aromatic heterocycles. The lowest BCUT2D eigenvalue weighted by Gasteiger charge is -2.37. The molecule has 4 rings (SSSR count). The van der Waals surface area contributed by atoms with E-state index in [-0.39, 0.29) is 18.8 Å². The first-order chi connectivity index (χ1) is 13.5. The zero-order valence-electron chi connectivity index (χ0n) is 15.0. The largest absolute Gasteiger partial charge is 0.508 e. The second kappa shape index (κ2) is 7.99. The topological polar surface area (TPSA) is 90.2 Å². The van der Waals surface area contributed by atoms with E-state index in [9.17, 15) is 20.4 Å². The van der Waals surface area contributed by atoms with Gasteiger partial charge in [-0.1, -0.05) is 29.8 Å². The molecule has 2 aromatic carbocycles. The van der Waals surface area contributed by atoms with Crippen molar-refractivity contribution in [3.05, 3.63) is 63.5 Å². The molecular formula is C21H21ClO5S. The van der Waals surface area contributed by atoms with Gasteiger partial charge in [0.1, 0.15) is 18.0 Å². The highest BCUT2D eigenvalue weighted by atomic mass is 35.5. The lowest BCUT2D eigenvalue weighted by molar-refractivity contribution is -0.180. The van der Waals surface area contributed by atoms with Crippen LogP contribution in [0.25, 0.3) is 10.1 Å². The quantitative estimate of drug-likeness (QED) is 0.519. The van der Waals surface area contributed by atoms with Gasteiger partial charge in [-0.25, -0.2) is 0 Å². The van der Waals surface area contributed by atoms with Crippen molar-refractivity contribution in [2.75, 3.05) is 6.61 Å². The van der Waals surface area contributed by atoms with Crippen LogP contribution in [0.4, 0.5) is 0 Å². The number of halogens is 1. The molecule has 0 radical (unpaired) electrons. The van der Waals surface area contributed by atoms with Gasteiger partial charge in [0.25, 0.3) is 0 Å². The van der Waals surface area contributed by atoms with Crippen LogP contribution in [0, 0.1) is 0 Å². The predicted octanol–water partition coefficient (Wildman–Crippen LogP) is 3.40. The number of phenolic OH excluding ortho intramolecular Hbond substituents is 1. The van der Waals surface area contributed by atoms with E-state index < -0.39 is 24.4 Å². The number of fused-ring (bicyclic) bond motifs is 1. The Hall–Kier alpha value is -1.67. The van der Waals surface area contributed by atoms with Crippen molar-refractivity contribution in [2.24, 2.45) is 0 Å². The van der Waals surface area contributed by atoms with Crippen LogP contribution in [0.5, 0.6) is 5.75 Å². The van der Waals surface area contributed by atoms with Crippen molar-refractivity contribution in [3.8, 4) is 5.75 Å². The Morgan fingerprint density at radius 2 is 1.93 bits per heavy atom. The molecule has 0 aliphatic carbocycles. The number of thiophene rings is 1. The molecule has 2 heterocycles. The number of rotatable bonds is 4. The van der Waals surface area contributed by atoms with Crippen molar-refractivity contribution >= 4 is 33.0 Å². The zero-order chi connectivity index (χ0) is 19.8. The van der Waals surface area contributed by atoms with Crippen LogP contribution in [0.15, 0.2) is 42.5 Å². The first-order valence-electron chi connectivity index (χ1n) is 9.07. The Bertz CT molecular complexity index is 955. The minimum Gasteiger partial charge on any atom is -0.508 e. The smallest absolute Gasteiger partial charge is 0.122 e. The van der Waals surface area contributed by atoms with E-state index in [1.54, 1.807) is 17.4 Å². The highest BCUT2D eigenvalue weighted by Gasteiger charge is 2.38. The monoisotopic (exact) mass is 420 g/mol. The molecule has 0 saturated carbocycles. The second-order valence-electron chi connectivity index (χ2n) is 7.08. The molecule has 3 aromatic rings. The molecule has 1 unspecified atom stereocenters. The molecule has 0 bridgehead atoms. The fourth-order valence-electron chi connectivity index (χ4n) is 3.63. The van der Waals surface area contributed by atoms with Gasteiger partial charge in [0.15, 0.2) is 0 Å². The highest BCUT2D eigenvalue weighted by molar-refractivity contribution is 7.19. The van der Waals surface area contributed by atoms with Crippen molar-refractivity contribution in [3.63, 3.8) is 0 Å². The van der Waals surface area contributed by atoms with Gasteiger partial charge in [0.2, 0.25) is 0 Å². The Kier molecular flexibility index (Phi) is 5.60. The summed E-state index contributed by atoms with van der Waals surface area (Å²) < 4.78 is 6.91. The Balaban J connectivity index is 1.67. The number of hydrogen-bond donors (Lipinski definition) is 4. The summed E-state index contributed by atoms with van der Waals surface area (Å²) >= 11 is 8.04. The van der Waals surface area contributed by atoms with E-state index >= 15 is 0 Å². The molecule has 5 nitrogen and oxygen atoms in total. The minimum atomic E-state index is -1.20. The second-order valence-corrected chi connectivity index (χ2v) is 8.66. The molecule has 28 heavy (non-hydrogen) atoms. The molecule has 1 aliphatic rings. The van der Waals surface area contributed by atoms with Gasteiger partial charge in [-0.2, -0.15) is 0 Å². The standard InChI is InChI=1S/C21H21ClO5S/c22-16-9-17(24)15(21-20(26)18(25)8-13(10-23)27-21)7-12(16)6-14-5-11-3-1-2-4-19(11)28-14/h1-5,7,9,13,18,20-21,23-26H,6,8,10H2/t13-,18-,20?,21-/m0/s1. The number of aliphatic hydroxyl groups excluding tert-OH is 3. The van der Waals surface area contributed by atoms with E-state index in [2.05, 4.69) is 18.2 Å². The molecule has 1 fully saturated rings. The van der Waals surface area contributed by atoms with Crippen molar-refractivity contribution in [1.82, 2.24) is 0 Å². The summed E-state index contributed by atoms with van der Waals surface area (Å²) in [6, 6.07) is 13.4. The summed E-state index contributed by atoms with van der Waals surface area (Å²) in [6.07, 6.45) is -3.09. The van der Waals surface area contributed by atoms with Gasteiger partial charge < -0.3 is 25.2 Å². The third kappa shape index (κ3) is 3.76. The van der Waals surface area contributed by atoms with E-state index in [1.807, 2.05) is 12.1 Å². The van der Waals surface area contributed by atoms with Gasteiger partial charge in [-0.3, -0.25) is 0 Å². The van der Waals surface area contributed by atoms with Gasteiger partial charge >= 0.3 is 0 Å². The number of aromatic hydroxyl groups is 1. The zero-order valence-corrected chi connectivity index (χ0v) is 16.5. The molecule has 4 N–H and O–H groups in total. The number of hydrogen-bond acceptors (Lipinski definition) is 6.